The first kappa shape index (κ1) is 17.7. The summed E-state index contributed by atoms with van der Waals surface area (Å²) in [6.45, 7) is 0. The van der Waals surface area contributed by atoms with Gasteiger partial charge < -0.3 is 9.47 Å². The molecule has 0 N–H and O–H groups in total. The van der Waals surface area contributed by atoms with Crippen LogP contribution in [0.5, 0.6) is 11.5 Å². The standard InChI is InChI=1S/C24H20N2O2/c1-27-20-10-5-17(6-11-20)19-9-14-23(26-16-19)24-22(4-3-15-25-24)18-7-12-21(28-2)13-8-18/h3-16H,1-2H3. The Bertz CT molecular complexity index is 1060. The number of benzene rings is 2. The molecular formula is C24H20N2O2. The topological polar surface area (TPSA) is 44.2 Å². The van der Waals surface area contributed by atoms with Gasteiger partial charge in [0.05, 0.1) is 25.6 Å². The van der Waals surface area contributed by atoms with E-state index in [0.29, 0.717) is 0 Å². The molecule has 0 aliphatic rings. The number of hydrogen-bond donors (Lipinski definition) is 0. The molecule has 4 aromatic rings. The normalized spacial score (nSPS) is 10.5. The molecular weight excluding hydrogens is 348 g/mol. The minimum Gasteiger partial charge on any atom is -0.497 e. The van der Waals surface area contributed by atoms with E-state index in [2.05, 4.69) is 22.1 Å². The molecule has 0 amide bonds. The van der Waals surface area contributed by atoms with E-state index in [4.69, 9.17) is 9.47 Å². The second kappa shape index (κ2) is 7.92. The quantitative estimate of drug-likeness (QED) is 0.467. The van der Waals surface area contributed by atoms with Crippen LogP contribution in [0.25, 0.3) is 33.6 Å². The van der Waals surface area contributed by atoms with Gasteiger partial charge in [-0.3, -0.25) is 9.97 Å². The highest BCUT2D eigenvalue weighted by Gasteiger charge is 2.10. The third-order valence-corrected chi connectivity index (χ3v) is 4.64. The SMILES string of the molecule is COc1ccc(-c2ccc(-c3ncccc3-c3ccc(OC)cc3)nc2)cc1. The Hall–Kier alpha value is -3.66. The summed E-state index contributed by atoms with van der Waals surface area (Å²) in [5.74, 6) is 1.67. The third kappa shape index (κ3) is 3.58. The summed E-state index contributed by atoms with van der Waals surface area (Å²) in [4.78, 5) is 9.25. The first-order valence-electron chi connectivity index (χ1n) is 8.99. The Kier molecular flexibility index (Phi) is 5.02. The van der Waals surface area contributed by atoms with Crippen molar-refractivity contribution in [2.24, 2.45) is 0 Å². The molecule has 0 radical (unpaired) electrons. The fraction of sp³-hybridized carbons (Fsp3) is 0.0833. The van der Waals surface area contributed by atoms with E-state index in [1.54, 1.807) is 20.4 Å². The minimum absolute atomic E-state index is 0.830. The summed E-state index contributed by atoms with van der Waals surface area (Å²) in [6, 6.07) is 24.0. The zero-order valence-electron chi connectivity index (χ0n) is 15.8. The molecule has 28 heavy (non-hydrogen) atoms. The van der Waals surface area contributed by atoms with Gasteiger partial charge >= 0.3 is 0 Å². The summed E-state index contributed by atoms with van der Waals surface area (Å²) in [5.41, 5.74) is 5.95. The second-order valence-corrected chi connectivity index (χ2v) is 6.29. The lowest BCUT2D eigenvalue weighted by molar-refractivity contribution is 0.415. The number of hydrogen-bond acceptors (Lipinski definition) is 4. The van der Waals surface area contributed by atoms with Crippen molar-refractivity contribution in [1.82, 2.24) is 9.97 Å². The zero-order valence-corrected chi connectivity index (χ0v) is 15.8. The summed E-state index contributed by atoms with van der Waals surface area (Å²) in [5, 5.41) is 0. The predicted molar refractivity (Wildman–Crippen MR) is 111 cm³/mol. The number of ether oxygens (including phenoxy) is 2. The zero-order chi connectivity index (χ0) is 19.3. The lowest BCUT2D eigenvalue weighted by Crippen LogP contribution is -1.92. The molecule has 4 rings (SSSR count). The maximum Gasteiger partial charge on any atom is 0.118 e. The van der Waals surface area contributed by atoms with Gasteiger partial charge in [0.1, 0.15) is 11.5 Å². The molecule has 2 aromatic carbocycles. The second-order valence-electron chi connectivity index (χ2n) is 6.29. The van der Waals surface area contributed by atoms with Gasteiger partial charge in [-0.05, 0) is 47.5 Å². The molecule has 4 nitrogen and oxygen atoms in total. The molecule has 138 valence electrons. The molecule has 4 heteroatoms. The highest BCUT2D eigenvalue weighted by Crippen LogP contribution is 2.31. The van der Waals surface area contributed by atoms with Crippen LogP contribution in [0.4, 0.5) is 0 Å². The summed E-state index contributed by atoms with van der Waals surface area (Å²) >= 11 is 0. The Balaban J connectivity index is 1.67. The first-order chi connectivity index (χ1) is 13.8. The lowest BCUT2D eigenvalue weighted by Gasteiger charge is -2.10. The largest absolute Gasteiger partial charge is 0.497 e. The van der Waals surface area contributed by atoms with Gasteiger partial charge in [-0.15, -0.1) is 0 Å². The molecule has 0 saturated carbocycles. The van der Waals surface area contributed by atoms with Crippen molar-refractivity contribution in [3.63, 3.8) is 0 Å². The van der Waals surface area contributed by atoms with E-state index in [1.807, 2.05) is 66.9 Å². The van der Waals surface area contributed by atoms with Crippen molar-refractivity contribution in [3.8, 4) is 45.1 Å². The van der Waals surface area contributed by atoms with Crippen molar-refractivity contribution in [2.45, 2.75) is 0 Å². The van der Waals surface area contributed by atoms with Gasteiger partial charge in [0.25, 0.3) is 0 Å². The van der Waals surface area contributed by atoms with E-state index in [1.165, 1.54) is 0 Å². The molecule has 2 aromatic heterocycles. The smallest absolute Gasteiger partial charge is 0.118 e. The van der Waals surface area contributed by atoms with Crippen LogP contribution in [-0.4, -0.2) is 24.2 Å². The Morgan fingerprint density at radius 1 is 0.607 bits per heavy atom. The fourth-order valence-electron chi connectivity index (χ4n) is 3.10. The van der Waals surface area contributed by atoms with Crippen LogP contribution >= 0.6 is 0 Å². The third-order valence-electron chi connectivity index (χ3n) is 4.64. The molecule has 0 aliphatic heterocycles. The molecule has 0 saturated heterocycles. The number of aromatic nitrogens is 2. The fourth-order valence-corrected chi connectivity index (χ4v) is 3.10. The van der Waals surface area contributed by atoms with Crippen LogP contribution in [0.1, 0.15) is 0 Å². The molecule has 0 spiro atoms. The summed E-state index contributed by atoms with van der Waals surface area (Å²) < 4.78 is 10.5. The van der Waals surface area contributed by atoms with E-state index in [9.17, 15) is 0 Å². The monoisotopic (exact) mass is 368 g/mol. The van der Waals surface area contributed by atoms with Gasteiger partial charge in [-0.2, -0.15) is 0 Å². The number of pyridine rings is 2. The van der Waals surface area contributed by atoms with Crippen LogP contribution in [0.15, 0.2) is 85.2 Å². The Morgan fingerprint density at radius 2 is 1.21 bits per heavy atom. The van der Waals surface area contributed by atoms with E-state index in [0.717, 1.165) is 45.1 Å². The number of methoxy groups -OCH3 is 2. The van der Waals surface area contributed by atoms with Gasteiger partial charge in [0, 0.05) is 23.5 Å². The lowest BCUT2D eigenvalue weighted by atomic mass is 10.0. The number of rotatable bonds is 5. The molecule has 0 fully saturated rings. The van der Waals surface area contributed by atoms with E-state index in [-0.39, 0.29) is 0 Å². The first-order valence-corrected chi connectivity index (χ1v) is 8.99. The highest BCUT2D eigenvalue weighted by molar-refractivity contribution is 5.80. The van der Waals surface area contributed by atoms with Crippen molar-refractivity contribution >= 4 is 0 Å². The van der Waals surface area contributed by atoms with E-state index < -0.39 is 0 Å². The van der Waals surface area contributed by atoms with Crippen LogP contribution in [0.3, 0.4) is 0 Å². The predicted octanol–water partition coefficient (Wildman–Crippen LogP) is 5.49. The van der Waals surface area contributed by atoms with Gasteiger partial charge in [-0.25, -0.2) is 0 Å². The average molecular weight is 368 g/mol. The highest BCUT2D eigenvalue weighted by atomic mass is 16.5. The maximum atomic E-state index is 5.25. The number of nitrogens with zero attached hydrogens (tertiary/aromatic N) is 2. The Labute approximate surface area is 164 Å². The molecule has 0 bridgehead atoms. The van der Waals surface area contributed by atoms with Crippen molar-refractivity contribution in [3.05, 3.63) is 85.2 Å². The summed E-state index contributed by atoms with van der Waals surface area (Å²) in [7, 11) is 3.33. The molecule has 2 heterocycles. The van der Waals surface area contributed by atoms with Crippen LogP contribution < -0.4 is 9.47 Å². The van der Waals surface area contributed by atoms with Crippen LogP contribution in [0.2, 0.25) is 0 Å². The van der Waals surface area contributed by atoms with Crippen molar-refractivity contribution in [2.75, 3.05) is 14.2 Å². The Morgan fingerprint density at radius 3 is 1.79 bits per heavy atom. The van der Waals surface area contributed by atoms with Crippen LogP contribution in [0, 0.1) is 0 Å². The summed E-state index contributed by atoms with van der Waals surface area (Å²) in [6.07, 6.45) is 3.67. The average Bonchev–Trinajstić information content (AvgIpc) is 2.79. The van der Waals surface area contributed by atoms with Crippen molar-refractivity contribution in [1.29, 1.82) is 0 Å². The molecule has 0 atom stereocenters. The molecule has 0 aliphatic carbocycles. The minimum atomic E-state index is 0.830. The van der Waals surface area contributed by atoms with Crippen LogP contribution in [-0.2, 0) is 0 Å². The van der Waals surface area contributed by atoms with Gasteiger partial charge in [0.15, 0.2) is 0 Å². The van der Waals surface area contributed by atoms with E-state index >= 15 is 0 Å². The maximum absolute atomic E-state index is 5.25. The van der Waals surface area contributed by atoms with Gasteiger partial charge in [0.2, 0.25) is 0 Å². The van der Waals surface area contributed by atoms with Gasteiger partial charge in [-0.1, -0.05) is 36.4 Å². The molecule has 0 unspecified atom stereocenters. The van der Waals surface area contributed by atoms with Crippen molar-refractivity contribution < 1.29 is 9.47 Å².